The SMILES string of the molecule is Cc1ccnn1CC(=O)N(C)Cc1cnn(-c2ccccc2)c1. The van der Waals surface area contributed by atoms with Crippen molar-refractivity contribution in [3.8, 4) is 5.69 Å². The molecule has 23 heavy (non-hydrogen) atoms. The van der Waals surface area contributed by atoms with E-state index in [1.807, 2.05) is 54.2 Å². The summed E-state index contributed by atoms with van der Waals surface area (Å²) in [6.45, 7) is 2.71. The number of likely N-dealkylation sites (N-methyl/N-ethyl adjacent to an activating group) is 1. The van der Waals surface area contributed by atoms with E-state index in [4.69, 9.17) is 0 Å². The van der Waals surface area contributed by atoms with Crippen molar-refractivity contribution in [2.24, 2.45) is 0 Å². The van der Waals surface area contributed by atoms with Gasteiger partial charge in [0.1, 0.15) is 6.54 Å². The summed E-state index contributed by atoms with van der Waals surface area (Å²) in [5, 5.41) is 8.49. The fourth-order valence-electron chi connectivity index (χ4n) is 2.34. The zero-order valence-corrected chi connectivity index (χ0v) is 13.3. The Hall–Kier alpha value is -2.89. The Kier molecular flexibility index (Phi) is 4.23. The second-order valence-corrected chi connectivity index (χ2v) is 5.51. The Morgan fingerprint density at radius 1 is 1.17 bits per heavy atom. The molecule has 2 heterocycles. The molecule has 0 N–H and O–H groups in total. The van der Waals surface area contributed by atoms with Crippen LogP contribution in [0.2, 0.25) is 0 Å². The van der Waals surface area contributed by atoms with Gasteiger partial charge in [-0.15, -0.1) is 0 Å². The number of amides is 1. The summed E-state index contributed by atoms with van der Waals surface area (Å²) in [6, 6.07) is 11.8. The van der Waals surface area contributed by atoms with Gasteiger partial charge in [-0.2, -0.15) is 10.2 Å². The number of nitrogens with zero attached hydrogens (tertiary/aromatic N) is 5. The van der Waals surface area contributed by atoms with Gasteiger partial charge in [0.25, 0.3) is 0 Å². The maximum absolute atomic E-state index is 12.3. The third kappa shape index (κ3) is 3.48. The van der Waals surface area contributed by atoms with E-state index in [0.717, 1.165) is 16.9 Å². The quantitative estimate of drug-likeness (QED) is 0.724. The molecule has 0 saturated carbocycles. The first-order valence-corrected chi connectivity index (χ1v) is 7.45. The number of benzene rings is 1. The largest absolute Gasteiger partial charge is 0.340 e. The van der Waals surface area contributed by atoms with E-state index in [-0.39, 0.29) is 12.5 Å². The lowest BCUT2D eigenvalue weighted by atomic mass is 10.3. The minimum atomic E-state index is 0.0178. The van der Waals surface area contributed by atoms with E-state index in [9.17, 15) is 4.79 Å². The van der Waals surface area contributed by atoms with Crippen LogP contribution in [0.15, 0.2) is 55.0 Å². The highest BCUT2D eigenvalue weighted by Gasteiger charge is 2.12. The first-order valence-electron chi connectivity index (χ1n) is 7.45. The lowest BCUT2D eigenvalue weighted by molar-refractivity contribution is -0.131. The number of carbonyl (C=O) groups is 1. The average molecular weight is 309 g/mol. The van der Waals surface area contributed by atoms with Gasteiger partial charge in [0.05, 0.1) is 11.9 Å². The number of rotatable bonds is 5. The molecule has 0 aliphatic rings. The van der Waals surface area contributed by atoms with Crippen LogP contribution >= 0.6 is 0 Å². The van der Waals surface area contributed by atoms with Crippen LogP contribution in [0.1, 0.15) is 11.3 Å². The fraction of sp³-hybridized carbons (Fsp3) is 0.235. The van der Waals surface area contributed by atoms with Crippen molar-refractivity contribution in [2.45, 2.75) is 20.0 Å². The molecule has 0 saturated heterocycles. The number of carbonyl (C=O) groups excluding carboxylic acids is 1. The van der Waals surface area contributed by atoms with Gasteiger partial charge < -0.3 is 4.90 Å². The van der Waals surface area contributed by atoms with Gasteiger partial charge >= 0.3 is 0 Å². The van der Waals surface area contributed by atoms with E-state index in [1.165, 1.54) is 0 Å². The molecule has 0 aliphatic carbocycles. The summed E-state index contributed by atoms with van der Waals surface area (Å²) in [4.78, 5) is 14.0. The van der Waals surface area contributed by atoms with Crippen LogP contribution in [0, 0.1) is 6.92 Å². The standard InChI is InChI=1S/C17H19N5O/c1-14-8-9-18-21(14)13-17(23)20(2)11-15-10-19-22(12-15)16-6-4-3-5-7-16/h3-10,12H,11,13H2,1-2H3. The summed E-state index contributed by atoms with van der Waals surface area (Å²) >= 11 is 0. The zero-order chi connectivity index (χ0) is 16.2. The maximum atomic E-state index is 12.3. The van der Waals surface area contributed by atoms with Gasteiger partial charge in [0.2, 0.25) is 5.91 Å². The molecule has 1 aromatic carbocycles. The summed E-state index contributed by atoms with van der Waals surface area (Å²) in [7, 11) is 1.79. The summed E-state index contributed by atoms with van der Waals surface area (Å²) in [6.07, 6.45) is 5.43. The van der Waals surface area contributed by atoms with E-state index in [0.29, 0.717) is 6.54 Å². The zero-order valence-electron chi connectivity index (χ0n) is 13.3. The minimum absolute atomic E-state index is 0.0178. The lowest BCUT2D eigenvalue weighted by Gasteiger charge is -2.16. The molecule has 0 aliphatic heterocycles. The molecule has 3 rings (SSSR count). The molecule has 2 aromatic heterocycles. The van der Waals surface area contributed by atoms with Gasteiger partial charge in [0, 0.05) is 37.2 Å². The monoisotopic (exact) mass is 309 g/mol. The number of aromatic nitrogens is 4. The average Bonchev–Trinajstić information content (AvgIpc) is 3.18. The first kappa shape index (κ1) is 15.0. The molecule has 6 heteroatoms. The van der Waals surface area contributed by atoms with Crippen LogP contribution in [0.5, 0.6) is 0 Å². The summed E-state index contributed by atoms with van der Waals surface area (Å²) < 4.78 is 3.51. The molecule has 0 spiro atoms. The highest BCUT2D eigenvalue weighted by molar-refractivity contribution is 5.75. The molecular formula is C17H19N5O. The van der Waals surface area contributed by atoms with Crippen molar-refractivity contribution in [1.29, 1.82) is 0 Å². The van der Waals surface area contributed by atoms with Gasteiger partial charge in [-0.05, 0) is 25.1 Å². The predicted molar refractivity (Wildman–Crippen MR) is 87.0 cm³/mol. The minimum Gasteiger partial charge on any atom is -0.340 e. The molecule has 0 bridgehead atoms. The molecule has 0 radical (unpaired) electrons. The third-order valence-corrected chi connectivity index (χ3v) is 3.72. The van der Waals surface area contributed by atoms with E-state index in [2.05, 4.69) is 10.2 Å². The Balaban J connectivity index is 1.64. The van der Waals surface area contributed by atoms with Crippen molar-refractivity contribution < 1.29 is 4.79 Å². The predicted octanol–water partition coefficient (Wildman–Crippen LogP) is 2.04. The molecule has 118 valence electrons. The summed E-state index contributed by atoms with van der Waals surface area (Å²) in [5.74, 6) is 0.0178. The normalized spacial score (nSPS) is 10.7. The Labute approximate surface area is 135 Å². The maximum Gasteiger partial charge on any atom is 0.244 e. The first-order chi connectivity index (χ1) is 11.1. The van der Waals surface area contributed by atoms with E-state index >= 15 is 0 Å². The summed E-state index contributed by atoms with van der Waals surface area (Å²) in [5.41, 5.74) is 2.96. The Morgan fingerprint density at radius 3 is 2.65 bits per heavy atom. The molecule has 1 amide bonds. The Bertz CT molecular complexity index is 790. The second-order valence-electron chi connectivity index (χ2n) is 5.51. The molecule has 3 aromatic rings. The van der Waals surface area contributed by atoms with Crippen LogP contribution in [-0.2, 0) is 17.9 Å². The topological polar surface area (TPSA) is 56.0 Å². The lowest BCUT2D eigenvalue weighted by Crippen LogP contribution is -2.30. The van der Waals surface area contributed by atoms with Gasteiger partial charge in [-0.1, -0.05) is 18.2 Å². The molecule has 6 nitrogen and oxygen atoms in total. The van der Waals surface area contributed by atoms with Crippen molar-refractivity contribution in [2.75, 3.05) is 7.05 Å². The number of aryl methyl sites for hydroxylation is 1. The Morgan fingerprint density at radius 2 is 1.96 bits per heavy atom. The highest BCUT2D eigenvalue weighted by Crippen LogP contribution is 2.09. The molecule has 0 fully saturated rings. The number of hydrogen-bond acceptors (Lipinski definition) is 3. The van der Waals surface area contributed by atoms with Crippen molar-refractivity contribution in [1.82, 2.24) is 24.5 Å². The van der Waals surface area contributed by atoms with Gasteiger partial charge in [-0.25, -0.2) is 4.68 Å². The number of hydrogen-bond donors (Lipinski definition) is 0. The molecule has 0 atom stereocenters. The van der Waals surface area contributed by atoms with Crippen LogP contribution in [0.25, 0.3) is 5.69 Å². The van der Waals surface area contributed by atoms with Crippen molar-refractivity contribution in [3.05, 3.63) is 66.2 Å². The molecule has 0 unspecified atom stereocenters. The molecular weight excluding hydrogens is 290 g/mol. The van der Waals surface area contributed by atoms with Crippen LogP contribution in [0.4, 0.5) is 0 Å². The van der Waals surface area contributed by atoms with Crippen LogP contribution < -0.4 is 0 Å². The van der Waals surface area contributed by atoms with Crippen molar-refractivity contribution in [3.63, 3.8) is 0 Å². The second kappa shape index (κ2) is 6.48. The van der Waals surface area contributed by atoms with Crippen LogP contribution in [0.3, 0.4) is 0 Å². The fourth-order valence-corrected chi connectivity index (χ4v) is 2.34. The van der Waals surface area contributed by atoms with Gasteiger partial charge in [0.15, 0.2) is 0 Å². The van der Waals surface area contributed by atoms with E-state index in [1.54, 1.807) is 29.0 Å². The van der Waals surface area contributed by atoms with Crippen LogP contribution in [-0.4, -0.2) is 37.4 Å². The van der Waals surface area contributed by atoms with E-state index < -0.39 is 0 Å². The number of para-hydroxylation sites is 1. The smallest absolute Gasteiger partial charge is 0.244 e. The third-order valence-electron chi connectivity index (χ3n) is 3.72. The highest BCUT2D eigenvalue weighted by atomic mass is 16.2. The van der Waals surface area contributed by atoms with Crippen molar-refractivity contribution >= 4 is 5.91 Å². The van der Waals surface area contributed by atoms with Gasteiger partial charge in [-0.3, -0.25) is 9.48 Å².